The Bertz CT molecular complexity index is 425. The fourth-order valence-corrected chi connectivity index (χ4v) is 3.89. The van der Waals surface area contributed by atoms with Crippen molar-refractivity contribution in [2.24, 2.45) is 11.8 Å². The van der Waals surface area contributed by atoms with Gasteiger partial charge in [-0.15, -0.1) is 0 Å². The third-order valence-corrected chi connectivity index (χ3v) is 4.94. The highest BCUT2D eigenvalue weighted by atomic mass is 16.5. The zero-order valence-corrected chi connectivity index (χ0v) is 13.3. The number of ether oxygens (including phenoxy) is 1. The zero-order chi connectivity index (χ0) is 14.5. The number of fused-ring (bicyclic) bond motifs is 1. The zero-order valence-electron chi connectivity index (χ0n) is 13.3. The van der Waals surface area contributed by atoms with Gasteiger partial charge in [-0.05, 0) is 25.7 Å². The number of nitrogens with zero attached hydrogens (tertiary/aromatic N) is 3. The summed E-state index contributed by atoms with van der Waals surface area (Å²) in [5.74, 6) is 2.71. The van der Waals surface area contributed by atoms with E-state index in [4.69, 9.17) is 4.74 Å². The minimum atomic E-state index is 0.587. The molecule has 0 amide bonds. The van der Waals surface area contributed by atoms with E-state index in [1.807, 2.05) is 6.20 Å². The van der Waals surface area contributed by atoms with Gasteiger partial charge < -0.3 is 9.30 Å². The molecule has 0 radical (unpaired) electrons. The molecule has 1 atom stereocenters. The molecule has 4 heteroatoms. The van der Waals surface area contributed by atoms with Crippen LogP contribution in [0.3, 0.4) is 0 Å². The maximum absolute atomic E-state index is 5.70. The van der Waals surface area contributed by atoms with Gasteiger partial charge in [-0.2, -0.15) is 0 Å². The lowest BCUT2D eigenvalue weighted by molar-refractivity contribution is 0.0807. The summed E-state index contributed by atoms with van der Waals surface area (Å²) in [5, 5.41) is 0. The molecule has 2 heterocycles. The topological polar surface area (TPSA) is 30.3 Å². The van der Waals surface area contributed by atoms with E-state index in [0.717, 1.165) is 38.8 Å². The molecule has 1 aliphatic carbocycles. The van der Waals surface area contributed by atoms with Gasteiger partial charge in [0.15, 0.2) is 0 Å². The summed E-state index contributed by atoms with van der Waals surface area (Å²) in [6.45, 7) is 8.22. The first-order valence-corrected chi connectivity index (χ1v) is 8.65. The molecule has 21 heavy (non-hydrogen) atoms. The Labute approximate surface area is 128 Å². The van der Waals surface area contributed by atoms with Crippen LogP contribution in [0.15, 0.2) is 12.4 Å². The van der Waals surface area contributed by atoms with Crippen LogP contribution in [-0.2, 0) is 17.8 Å². The number of hydrogen-bond donors (Lipinski definition) is 0. The quantitative estimate of drug-likeness (QED) is 0.835. The average molecular weight is 291 g/mol. The smallest absolute Gasteiger partial charge is 0.122 e. The van der Waals surface area contributed by atoms with Crippen LogP contribution in [0, 0.1) is 11.8 Å². The van der Waals surface area contributed by atoms with Gasteiger partial charge in [0.25, 0.3) is 0 Å². The van der Waals surface area contributed by atoms with Gasteiger partial charge >= 0.3 is 0 Å². The molecule has 118 valence electrons. The maximum atomic E-state index is 5.70. The van der Waals surface area contributed by atoms with Gasteiger partial charge in [0, 0.05) is 44.6 Å². The highest BCUT2D eigenvalue weighted by Crippen LogP contribution is 2.26. The summed E-state index contributed by atoms with van der Waals surface area (Å²) in [6, 6.07) is 0. The Balaban J connectivity index is 1.64. The Hall–Kier alpha value is -0.870. The van der Waals surface area contributed by atoms with Crippen LogP contribution in [-0.4, -0.2) is 40.8 Å². The van der Waals surface area contributed by atoms with Gasteiger partial charge in [0.05, 0.1) is 13.2 Å². The summed E-state index contributed by atoms with van der Waals surface area (Å²) >= 11 is 0. The number of imidazole rings is 1. The van der Waals surface area contributed by atoms with Crippen molar-refractivity contribution in [2.45, 2.75) is 52.1 Å². The molecule has 1 aromatic rings. The summed E-state index contributed by atoms with van der Waals surface area (Å²) in [5.41, 5.74) is 0. The molecule has 2 aliphatic rings. The first-order valence-electron chi connectivity index (χ1n) is 8.65. The summed E-state index contributed by atoms with van der Waals surface area (Å²) in [7, 11) is 0. The summed E-state index contributed by atoms with van der Waals surface area (Å²) in [4.78, 5) is 7.19. The van der Waals surface area contributed by atoms with E-state index in [9.17, 15) is 0 Å². The largest absolute Gasteiger partial charge is 0.381 e. The Morgan fingerprint density at radius 2 is 2.05 bits per heavy atom. The number of aromatic nitrogens is 2. The van der Waals surface area contributed by atoms with Crippen LogP contribution >= 0.6 is 0 Å². The molecule has 0 saturated heterocycles. The highest BCUT2D eigenvalue weighted by molar-refractivity contribution is 4.96. The fraction of sp³-hybridized carbons (Fsp3) is 0.824. The molecule has 1 fully saturated rings. The van der Waals surface area contributed by atoms with Crippen molar-refractivity contribution >= 4 is 0 Å². The normalized spacial score (nSPS) is 24.7. The van der Waals surface area contributed by atoms with Crippen LogP contribution in [0.4, 0.5) is 0 Å². The lowest BCUT2D eigenvalue weighted by Gasteiger charge is -2.30. The molecule has 1 aliphatic heterocycles. The Kier molecular flexibility index (Phi) is 5.31. The fourth-order valence-electron chi connectivity index (χ4n) is 3.89. The maximum Gasteiger partial charge on any atom is 0.122 e. The second-order valence-corrected chi connectivity index (χ2v) is 6.72. The minimum Gasteiger partial charge on any atom is -0.381 e. The van der Waals surface area contributed by atoms with Crippen molar-refractivity contribution in [1.82, 2.24) is 14.5 Å². The first kappa shape index (κ1) is 15.0. The Morgan fingerprint density at radius 1 is 1.19 bits per heavy atom. The van der Waals surface area contributed by atoms with E-state index in [1.165, 1.54) is 44.5 Å². The van der Waals surface area contributed by atoms with E-state index in [1.54, 1.807) is 0 Å². The third-order valence-electron chi connectivity index (χ3n) is 4.94. The molecular formula is C17H29N3O. The minimum absolute atomic E-state index is 0.587. The number of rotatable bonds is 5. The van der Waals surface area contributed by atoms with Gasteiger partial charge in [0.1, 0.15) is 5.82 Å². The molecule has 3 rings (SSSR count). The van der Waals surface area contributed by atoms with E-state index in [2.05, 4.69) is 27.6 Å². The van der Waals surface area contributed by atoms with Crippen LogP contribution in [0.5, 0.6) is 0 Å². The molecule has 4 nitrogen and oxygen atoms in total. The van der Waals surface area contributed by atoms with E-state index in [0.29, 0.717) is 5.92 Å². The molecule has 0 N–H and O–H groups in total. The lowest BCUT2D eigenvalue weighted by Crippen LogP contribution is -2.34. The van der Waals surface area contributed by atoms with Crippen LogP contribution in [0.25, 0.3) is 0 Å². The standard InChI is InChI=1S/C17H29N3O/c1-2-21-14-16-11-19(10-15-6-4-3-5-7-15)13-17-18-8-9-20(17)12-16/h8-9,15-16H,2-7,10-14H2,1H3. The van der Waals surface area contributed by atoms with Gasteiger partial charge in [-0.3, -0.25) is 4.90 Å². The molecule has 0 bridgehead atoms. The molecule has 1 saturated carbocycles. The molecule has 1 unspecified atom stereocenters. The predicted molar refractivity (Wildman–Crippen MR) is 84.1 cm³/mol. The third kappa shape index (κ3) is 4.07. The van der Waals surface area contributed by atoms with Crippen LogP contribution < -0.4 is 0 Å². The summed E-state index contributed by atoms with van der Waals surface area (Å²) in [6.07, 6.45) is 11.2. The van der Waals surface area contributed by atoms with E-state index < -0.39 is 0 Å². The van der Waals surface area contributed by atoms with Gasteiger partial charge in [0.2, 0.25) is 0 Å². The van der Waals surface area contributed by atoms with Crippen LogP contribution in [0.2, 0.25) is 0 Å². The van der Waals surface area contributed by atoms with Gasteiger partial charge in [-0.25, -0.2) is 4.98 Å². The van der Waals surface area contributed by atoms with Crippen molar-refractivity contribution in [3.05, 3.63) is 18.2 Å². The van der Waals surface area contributed by atoms with E-state index >= 15 is 0 Å². The molecular weight excluding hydrogens is 262 g/mol. The molecule has 0 spiro atoms. The van der Waals surface area contributed by atoms with Crippen molar-refractivity contribution in [3.8, 4) is 0 Å². The van der Waals surface area contributed by atoms with Crippen molar-refractivity contribution in [2.75, 3.05) is 26.3 Å². The predicted octanol–water partition coefficient (Wildman–Crippen LogP) is 2.93. The average Bonchev–Trinajstić information content (AvgIpc) is 2.86. The first-order chi connectivity index (χ1) is 10.3. The Morgan fingerprint density at radius 3 is 2.86 bits per heavy atom. The molecule has 0 aromatic carbocycles. The number of hydrogen-bond acceptors (Lipinski definition) is 3. The van der Waals surface area contributed by atoms with Crippen molar-refractivity contribution in [1.29, 1.82) is 0 Å². The van der Waals surface area contributed by atoms with Gasteiger partial charge in [-0.1, -0.05) is 19.3 Å². The lowest BCUT2D eigenvalue weighted by atomic mass is 9.89. The van der Waals surface area contributed by atoms with Crippen molar-refractivity contribution < 1.29 is 4.74 Å². The highest BCUT2D eigenvalue weighted by Gasteiger charge is 2.25. The van der Waals surface area contributed by atoms with E-state index in [-0.39, 0.29) is 0 Å². The van der Waals surface area contributed by atoms with Crippen LogP contribution in [0.1, 0.15) is 44.9 Å². The second kappa shape index (κ2) is 7.41. The van der Waals surface area contributed by atoms with Crippen molar-refractivity contribution in [3.63, 3.8) is 0 Å². The SMILES string of the molecule is CCOCC1CN(CC2CCCCC2)Cc2nccn2C1. The monoisotopic (exact) mass is 291 g/mol. The summed E-state index contributed by atoms with van der Waals surface area (Å²) < 4.78 is 8.02. The molecule has 1 aromatic heterocycles. The second-order valence-electron chi connectivity index (χ2n) is 6.72.